The number of aromatic amines is 1. The highest BCUT2D eigenvalue weighted by molar-refractivity contribution is 7.88. The third-order valence-electron chi connectivity index (χ3n) is 4.02. The summed E-state index contributed by atoms with van der Waals surface area (Å²) in [6.07, 6.45) is -1.93. The lowest BCUT2D eigenvalue weighted by atomic mass is 10.1. The molecule has 136 valence electrons. The Balaban J connectivity index is 1.88. The first kappa shape index (κ1) is 16.3. The second-order valence-corrected chi connectivity index (χ2v) is 7.80. The van der Waals surface area contributed by atoms with Crippen LogP contribution in [0.1, 0.15) is 26.3 Å². The van der Waals surface area contributed by atoms with Crippen LogP contribution in [0.25, 0.3) is 11.0 Å². The fourth-order valence-corrected chi connectivity index (χ4v) is 3.64. The van der Waals surface area contributed by atoms with Crippen LogP contribution in [0.15, 0.2) is 16.9 Å². The van der Waals surface area contributed by atoms with E-state index in [-0.39, 0.29) is 23.0 Å². The molecule has 3 rings (SSSR count). The number of halogens is 2. The number of hydrogen-bond donors (Lipinski definition) is 2. The summed E-state index contributed by atoms with van der Waals surface area (Å²) in [6, 6.07) is 2.00. The predicted octanol–water partition coefficient (Wildman–Crippen LogP) is 1.09. The van der Waals surface area contributed by atoms with Crippen molar-refractivity contribution in [3.05, 3.63) is 28.2 Å². The van der Waals surface area contributed by atoms with Crippen LogP contribution in [0.3, 0.4) is 0 Å². The molecule has 0 aromatic carbocycles. The summed E-state index contributed by atoms with van der Waals surface area (Å²) >= 11 is 0. The number of H-pyrrole nitrogens is 1. The number of pyridine rings is 1. The Morgan fingerprint density at radius 3 is 2.64 bits per heavy atom. The number of alkyl halides is 2. The minimum atomic E-state index is -3.96. The molecule has 1 aliphatic heterocycles. The molecule has 2 aromatic heterocycles. The average molecular weight is 374 g/mol. The van der Waals surface area contributed by atoms with Crippen molar-refractivity contribution in [3.63, 3.8) is 0 Å². The van der Waals surface area contributed by atoms with Gasteiger partial charge in [-0.2, -0.15) is 4.98 Å². The van der Waals surface area contributed by atoms with Crippen molar-refractivity contribution < 1.29 is 18.6 Å². The van der Waals surface area contributed by atoms with E-state index < -0.39 is 27.7 Å². The molecule has 0 spiro atoms. The van der Waals surface area contributed by atoms with Gasteiger partial charge in [0.1, 0.15) is 12.7 Å². The lowest BCUT2D eigenvalue weighted by Gasteiger charge is -2.30. The zero-order chi connectivity index (χ0) is 19.1. The molecule has 0 bridgehead atoms. The van der Waals surface area contributed by atoms with Crippen LogP contribution in [0.4, 0.5) is 14.7 Å². The lowest BCUT2D eigenvalue weighted by molar-refractivity contribution is 0.148. The predicted molar refractivity (Wildman–Crippen MR) is 88.2 cm³/mol. The number of hydrogen-bond acceptors (Lipinski definition) is 6. The van der Waals surface area contributed by atoms with E-state index >= 15 is 0 Å². The SMILES string of the molecule is [2H]C(F)(F)c1nc(NC2CCN(S(C)(=O)=O)CC2)nc2[nH]c(=O)ccc12. The Morgan fingerprint density at radius 1 is 1.36 bits per heavy atom. The third kappa shape index (κ3) is 3.93. The summed E-state index contributed by atoms with van der Waals surface area (Å²) in [5.74, 6) is -0.140. The maximum Gasteiger partial charge on any atom is 0.281 e. The molecule has 1 aliphatic rings. The van der Waals surface area contributed by atoms with Crippen molar-refractivity contribution in [2.45, 2.75) is 25.3 Å². The van der Waals surface area contributed by atoms with E-state index in [4.69, 9.17) is 1.37 Å². The molecule has 1 saturated heterocycles. The Kier molecular flexibility index (Phi) is 4.34. The van der Waals surface area contributed by atoms with Crippen molar-refractivity contribution >= 4 is 27.0 Å². The van der Waals surface area contributed by atoms with Crippen LogP contribution in [0.2, 0.25) is 0 Å². The number of aromatic nitrogens is 3. The summed E-state index contributed by atoms with van der Waals surface area (Å²) in [6.45, 7) is 0.588. The summed E-state index contributed by atoms with van der Waals surface area (Å²) in [5, 5.41) is 2.79. The molecule has 25 heavy (non-hydrogen) atoms. The van der Waals surface area contributed by atoms with Crippen molar-refractivity contribution in [1.82, 2.24) is 19.3 Å². The minimum absolute atomic E-state index is 0.0921. The molecule has 0 aliphatic carbocycles. The van der Waals surface area contributed by atoms with Gasteiger partial charge < -0.3 is 10.3 Å². The molecule has 8 nitrogen and oxygen atoms in total. The normalized spacial score (nSPS) is 18.3. The first-order valence-corrected chi connectivity index (χ1v) is 9.40. The van der Waals surface area contributed by atoms with Crippen molar-refractivity contribution in [3.8, 4) is 0 Å². The van der Waals surface area contributed by atoms with E-state index in [9.17, 15) is 22.0 Å². The molecule has 0 amide bonds. The van der Waals surface area contributed by atoms with Gasteiger partial charge in [-0.1, -0.05) is 0 Å². The summed E-state index contributed by atoms with van der Waals surface area (Å²) in [5.41, 5.74) is -1.41. The van der Waals surface area contributed by atoms with Crippen molar-refractivity contribution in [1.29, 1.82) is 0 Å². The largest absolute Gasteiger partial charge is 0.351 e. The number of piperidine rings is 1. The van der Waals surface area contributed by atoms with Crippen LogP contribution < -0.4 is 10.9 Å². The topological polar surface area (TPSA) is 108 Å². The Hall–Kier alpha value is -2.14. The Morgan fingerprint density at radius 2 is 2.04 bits per heavy atom. The smallest absolute Gasteiger partial charge is 0.281 e. The Bertz CT molecular complexity index is 984. The van der Waals surface area contributed by atoms with Crippen LogP contribution in [-0.4, -0.2) is 53.1 Å². The highest BCUT2D eigenvalue weighted by atomic mass is 32.2. The van der Waals surface area contributed by atoms with E-state index in [0.717, 1.165) is 18.4 Å². The second kappa shape index (κ2) is 6.64. The first-order chi connectivity index (χ1) is 12.0. The van der Waals surface area contributed by atoms with Gasteiger partial charge in [0, 0.05) is 30.6 Å². The molecular formula is C14H17F2N5O3S. The summed E-state index contributed by atoms with van der Waals surface area (Å²) < 4.78 is 58.6. The van der Waals surface area contributed by atoms with Crippen LogP contribution >= 0.6 is 0 Å². The van der Waals surface area contributed by atoms with Crippen molar-refractivity contribution in [2.24, 2.45) is 0 Å². The maximum absolute atomic E-state index is 13.6. The molecule has 0 unspecified atom stereocenters. The van der Waals surface area contributed by atoms with Gasteiger partial charge in [-0.3, -0.25) is 4.79 Å². The lowest BCUT2D eigenvalue weighted by Crippen LogP contribution is -2.42. The van der Waals surface area contributed by atoms with E-state index in [1.807, 2.05) is 0 Å². The standard InChI is InChI=1S/C14H17F2N5O3S/c1-25(23,24)21-6-4-8(5-7-21)17-14-19-11(12(15)16)9-2-3-10(22)18-13(9)20-14/h2-3,8,12H,4-7H2,1H3,(H2,17,18,19,20,22)/i12D. The summed E-state index contributed by atoms with van der Waals surface area (Å²) in [4.78, 5) is 21.6. The van der Waals surface area contributed by atoms with Crippen LogP contribution in [0, 0.1) is 0 Å². The van der Waals surface area contributed by atoms with Gasteiger partial charge in [0.25, 0.3) is 6.40 Å². The van der Waals surface area contributed by atoms with E-state index in [1.165, 1.54) is 4.31 Å². The fourth-order valence-electron chi connectivity index (χ4n) is 2.76. The molecule has 2 aromatic rings. The highest BCUT2D eigenvalue weighted by Crippen LogP contribution is 2.25. The molecule has 0 atom stereocenters. The molecule has 0 radical (unpaired) electrons. The number of nitrogens with zero attached hydrogens (tertiary/aromatic N) is 3. The van der Waals surface area contributed by atoms with Gasteiger partial charge in [-0.05, 0) is 18.9 Å². The number of nitrogens with one attached hydrogen (secondary N) is 2. The van der Waals surface area contributed by atoms with Gasteiger partial charge >= 0.3 is 0 Å². The van der Waals surface area contributed by atoms with Gasteiger partial charge in [0.05, 0.1) is 6.26 Å². The van der Waals surface area contributed by atoms with E-state index in [1.54, 1.807) is 0 Å². The van der Waals surface area contributed by atoms with Crippen LogP contribution in [0.5, 0.6) is 0 Å². The van der Waals surface area contributed by atoms with Crippen LogP contribution in [-0.2, 0) is 10.0 Å². The number of fused-ring (bicyclic) bond motifs is 1. The maximum atomic E-state index is 13.6. The zero-order valence-electron chi connectivity index (χ0n) is 14.3. The number of sulfonamides is 1. The quantitative estimate of drug-likeness (QED) is 0.829. The second-order valence-electron chi connectivity index (χ2n) is 5.82. The molecule has 11 heteroatoms. The minimum Gasteiger partial charge on any atom is -0.351 e. The van der Waals surface area contributed by atoms with E-state index in [0.29, 0.717) is 25.9 Å². The fraction of sp³-hybridized carbons (Fsp3) is 0.500. The first-order valence-electron chi connectivity index (χ1n) is 8.05. The highest BCUT2D eigenvalue weighted by Gasteiger charge is 2.26. The Labute approximate surface area is 143 Å². The molecule has 2 N–H and O–H groups in total. The number of rotatable bonds is 4. The molecule has 0 saturated carbocycles. The van der Waals surface area contributed by atoms with E-state index in [2.05, 4.69) is 20.3 Å². The van der Waals surface area contributed by atoms with Gasteiger partial charge in [0.2, 0.25) is 21.5 Å². The zero-order valence-corrected chi connectivity index (χ0v) is 14.1. The third-order valence-corrected chi connectivity index (χ3v) is 5.33. The molecule has 3 heterocycles. The average Bonchev–Trinajstić information content (AvgIpc) is 2.52. The van der Waals surface area contributed by atoms with Crippen molar-refractivity contribution in [2.75, 3.05) is 24.7 Å². The molecular weight excluding hydrogens is 356 g/mol. The molecule has 1 fully saturated rings. The monoisotopic (exact) mass is 374 g/mol. The van der Waals surface area contributed by atoms with Gasteiger partial charge in [0.15, 0.2) is 0 Å². The van der Waals surface area contributed by atoms with Gasteiger partial charge in [-0.15, -0.1) is 0 Å². The summed E-state index contributed by atoms with van der Waals surface area (Å²) in [7, 11) is -3.27. The number of anilines is 1. The van der Waals surface area contributed by atoms with Gasteiger partial charge in [-0.25, -0.2) is 26.5 Å².